The molecule has 1 fully saturated rings. The van der Waals surface area contributed by atoms with Gasteiger partial charge in [0, 0.05) is 44.6 Å². The van der Waals surface area contributed by atoms with Crippen LogP contribution in [-0.4, -0.2) is 56.6 Å². The molecule has 1 aromatic carbocycles. The number of likely N-dealkylation sites (tertiary alicyclic amines) is 1. The minimum Gasteiger partial charge on any atom is -0.497 e. The van der Waals surface area contributed by atoms with Crippen molar-refractivity contribution in [1.29, 1.82) is 0 Å². The molecule has 1 amide bonds. The van der Waals surface area contributed by atoms with Crippen LogP contribution >= 0.6 is 0 Å². The first-order valence-electron chi connectivity index (χ1n) is 9.29. The van der Waals surface area contributed by atoms with Crippen LogP contribution in [0.15, 0.2) is 29.3 Å². The number of benzene rings is 1. The van der Waals surface area contributed by atoms with Gasteiger partial charge in [-0.25, -0.2) is 0 Å². The van der Waals surface area contributed by atoms with Gasteiger partial charge in [0.05, 0.1) is 7.11 Å². The lowest BCUT2D eigenvalue weighted by molar-refractivity contribution is -0.129. The number of carbonyl (C=O) groups is 1. The monoisotopic (exact) mass is 360 g/mol. The van der Waals surface area contributed by atoms with Crippen LogP contribution in [0.3, 0.4) is 0 Å². The number of hydrogen-bond acceptors (Lipinski definition) is 3. The van der Waals surface area contributed by atoms with Gasteiger partial charge < -0.3 is 20.3 Å². The zero-order valence-electron chi connectivity index (χ0n) is 16.6. The average Bonchev–Trinajstić information content (AvgIpc) is 3.13. The lowest BCUT2D eigenvalue weighted by Crippen LogP contribution is -2.48. The molecule has 1 heterocycles. The van der Waals surface area contributed by atoms with Crippen LogP contribution in [-0.2, 0) is 10.2 Å². The van der Waals surface area contributed by atoms with E-state index in [0.717, 1.165) is 37.8 Å². The second kappa shape index (κ2) is 8.92. The highest BCUT2D eigenvalue weighted by Crippen LogP contribution is 2.24. The Balaban J connectivity index is 1.88. The maximum Gasteiger partial charge on any atom is 0.222 e. The van der Waals surface area contributed by atoms with Crippen molar-refractivity contribution in [3.63, 3.8) is 0 Å². The maximum atomic E-state index is 11.8. The molecule has 1 atom stereocenters. The SMILES string of the molecule is CCC(=O)N1CCC(NC(=NC)NCC(C)(C)c2ccc(OC)cc2)C1. The molecule has 0 aromatic heterocycles. The van der Waals surface area contributed by atoms with E-state index in [9.17, 15) is 4.79 Å². The van der Waals surface area contributed by atoms with Gasteiger partial charge in [-0.1, -0.05) is 32.9 Å². The Morgan fingerprint density at radius 2 is 2.04 bits per heavy atom. The molecule has 0 saturated carbocycles. The van der Waals surface area contributed by atoms with Crippen molar-refractivity contribution < 1.29 is 9.53 Å². The van der Waals surface area contributed by atoms with E-state index in [0.29, 0.717) is 6.42 Å². The summed E-state index contributed by atoms with van der Waals surface area (Å²) in [7, 11) is 3.45. The molecule has 6 nitrogen and oxygen atoms in total. The third-order valence-corrected chi connectivity index (χ3v) is 4.98. The van der Waals surface area contributed by atoms with Crippen molar-refractivity contribution in [3.05, 3.63) is 29.8 Å². The molecular formula is C20H32N4O2. The van der Waals surface area contributed by atoms with E-state index in [2.05, 4.69) is 41.6 Å². The van der Waals surface area contributed by atoms with Crippen LogP contribution in [0.25, 0.3) is 0 Å². The highest BCUT2D eigenvalue weighted by atomic mass is 16.5. The van der Waals surface area contributed by atoms with E-state index >= 15 is 0 Å². The second-order valence-corrected chi connectivity index (χ2v) is 7.36. The Morgan fingerprint density at radius 3 is 2.62 bits per heavy atom. The standard InChI is InChI=1S/C20H32N4O2/c1-6-18(25)24-12-11-16(13-24)23-19(21-4)22-14-20(2,3)15-7-9-17(26-5)10-8-15/h7-10,16H,6,11-14H2,1-5H3,(H2,21,22,23). The van der Waals surface area contributed by atoms with E-state index in [1.54, 1.807) is 14.2 Å². The largest absolute Gasteiger partial charge is 0.497 e. The molecule has 0 aliphatic carbocycles. The minimum absolute atomic E-state index is 0.0518. The molecule has 144 valence electrons. The number of nitrogens with one attached hydrogen (secondary N) is 2. The Bertz CT molecular complexity index is 625. The Morgan fingerprint density at radius 1 is 1.35 bits per heavy atom. The fraction of sp³-hybridized carbons (Fsp3) is 0.600. The summed E-state index contributed by atoms with van der Waals surface area (Å²) >= 11 is 0. The smallest absolute Gasteiger partial charge is 0.222 e. The molecule has 26 heavy (non-hydrogen) atoms. The van der Waals surface area contributed by atoms with Crippen molar-refractivity contribution in [2.45, 2.75) is 45.1 Å². The molecule has 1 saturated heterocycles. The number of nitrogens with zero attached hydrogens (tertiary/aromatic N) is 2. The van der Waals surface area contributed by atoms with E-state index in [1.807, 2.05) is 24.0 Å². The average molecular weight is 361 g/mol. The van der Waals surface area contributed by atoms with Gasteiger partial charge >= 0.3 is 0 Å². The van der Waals surface area contributed by atoms with Gasteiger partial charge in [-0.15, -0.1) is 0 Å². The molecule has 0 bridgehead atoms. The number of amides is 1. The molecule has 1 unspecified atom stereocenters. The Kier molecular flexibility index (Phi) is 6.89. The molecular weight excluding hydrogens is 328 g/mol. The molecule has 1 aliphatic rings. The predicted molar refractivity (Wildman–Crippen MR) is 106 cm³/mol. The van der Waals surface area contributed by atoms with E-state index < -0.39 is 0 Å². The van der Waals surface area contributed by atoms with Gasteiger partial charge in [-0.05, 0) is 24.1 Å². The van der Waals surface area contributed by atoms with Gasteiger partial charge in [0.15, 0.2) is 5.96 Å². The van der Waals surface area contributed by atoms with Crippen LogP contribution in [0.1, 0.15) is 39.2 Å². The Hall–Kier alpha value is -2.24. The fourth-order valence-electron chi connectivity index (χ4n) is 3.17. The summed E-state index contributed by atoms with van der Waals surface area (Å²) in [6, 6.07) is 8.43. The first kappa shape index (κ1) is 20.1. The van der Waals surface area contributed by atoms with E-state index in [1.165, 1.54) is 5.56 Å². The van der Waals surface area contributed by atoms with Gasteiger partial charge in [0.25, 0.3) is 0 Å². The van der Waals surface area contributed by atoms with E-state index in [-0.39, 0.29) is 17.4 Å². The van der Waals surface area contributed by atoms with Crippen LogP contribution in [0.4, 0.5) is 0 Å². The van der Waals surface area contributed by atoms with Gasteiger partial charge in [0.1, 0.15) is 5.75 Å². The highest BCUT2D eigenvalue weighted by Gasteiger charge is 2.26. The zero-order chi connectivity index (χ0) is 19.2. The summed E-state index contributed by atoms with van der Waals surface area (Å²) < 4.78 is 5.23. The van der Waals surface area contributed by atoms with Crippen molar-refractivity contribution in [2.75, 3.05) is 33.8 Å². The predicted octanol–water partition coefficient (Wildman–Crippen LogP) is 2.15. The topological polar surface area (TPSA) is 66.0 Å². The van der Waals surface area contributed by atoms with Crippen LogP contribution in [0, 0.1) is 0 Å². The third kappa shape index (κ3) is 5.13. The number of hydrogen-bond donors (Lipinski definition) is 2. The highest BCUT2D eigenvalue weighted by molar-refractivity contribution is 5.80. The third-order valence-electron chi connectivity index (χ3n) is 4.98. The zero-order valence-corrected chi connectivity index (χ0v) is 16.6. The number of aliphatic imine (C=N–C) groups is 1. The normalized spacial score (nSPS) is 18.0. The van der Waals surface area contributed by atoms with Crippen molar-refractivity contribution in [2.24, 2.45) is 4.99 Å². The van der Waals surface area contributed by atoms with Gasteiger partial charge in [-0.3, -0.25) is 9.79 Å². The first-order chi connectivity index (χ1) is 12.4. The second-order valence-electron chi connectivity index (χ2n) is 7.36. The summed E-state index contributed by atoms with van der Waals surface area (Å²) in [6.07, 6.45) is 1.52. The number of methoxy groups -OCH3 is 1. The molecule has 2 N–H and O–H groups in total. The van der Waals surface area contributed by atoms with Crippen molar-refractivity contribution in [1.82, 2.24) is 15.5 Å². The summed E-state index contributed by atoms with van der Waals surface area (Å²) in [4.78, 5) is 18.1. The molecule has 2 rings (SSSR count). The minimum atomic E-state index is -0.0518. The summed E-state index contributed by atoms with van der Waals surface area (Å²) in [5.41, 5.74) is 1.19. The molecule has 6 heteroatoms. The summed E-state index contributed by atoms with van der Waals surface area (Å²) in [6.45, 7) is 8.63. The number of carbonyl (C=O) groups excluding carboxylic acids is 1. The van der Waals surface area contributed by atoms with Crippen LogP contribution in [0.2, 0.25) is 0 Å². The molecule has 0 radical (unpaired) electrons. The van der Waals surface area contributed by atoms with E-state index in [4.69, 9.17) is 4.74 Å². The molecule has 1 aromatic rings. The fourth-order valence-corrected chi connectivity index (χ4v) is 3.17. The van der Waals surface area contributed by atoms with Crippen LogP contribution < -0.4 is 15.4 Å². The first-order valence-corrected chi connectivity index (χ1v) is 9.29. The van der Waals surface area contributed by atoms with Crippen LogP contribution in [0.5, 0.6) is 5.75 Å². The maximum absolute atomic E-state index is 11.8. The Labute approximate surface area is 157 Å². The number of ether oxygens (including phenoxy) is 1. The van der Waals surface area contributed by atoms with Crippen molar-refractivity contribution in [3.8, 4) is 5.75 Å². The van der Waals surface area contributed by atoms with Crippen molar-refractivity contribution >= 4 is 11.9 Å². The number of rotatable bonds is 6. The molecule has 1 aliphatic heterocycles. The van der Waals surface area contributed by atoms with Gasteiger partial charge in [-0.2, -0.15) is 0 Å². The lowest BCUT2D eigenvalue weighted by Gasteiger charge is -2.27. The summed E-state index contributed by atoms with van der Waals surface area (Å²) in [5, 5.41) is 6.87. The number of guanidine groups is 1. The quantitative estimate of drug-likeness (QED) is 0.603. The lowest BCUT2D eigenvalue weighted by atomic mass is 9.84. The molecule has 0 spiro atoms. The summed E-state index contributed by atoms with van der Waals surface area (Å²) in [5.74, 6) is 1.86. The van der Waals surface area contributed by atoms with Gasteiger partial charge in [0.2, 0.25) is 5.91 Å².